The highest BCUT2D eigenvalue weighted by Crippen LogP contribution is 2.25. The molecule has 0 aliphatic carbocycles. The minimum atomic E-state index is -0.492. The highest BCUT2D eigenvalue weighted by Gasteiger charge is 2.35. The Balaban J connectivity index is 2.61. The molecule has 0 aromatic heterocycles. The van der Waals surface area contributed by atoms with Crippen LogP contribution >= 0.6 is 0 Å². The number of nitrogens with zero attached hydrogens (tertiary/aromatic N) is 1. The van der Waals surface area contributed by atoms with Crippen molar-refractivity contribution in [2.75, 3.05) is 26.4 Å². The second kappa shape index (κ2) is 5.00. The van der Waals surface area contributed by atoms with Crippen LogP contribution in [0.3, 0.4) is 0 Å². The summed E-state index contributed by atoms with van der Waals surface area (Å²) in [4.78, 5) is 2.43. The van der Waals surface area contributed by atoms with Crippen molar-refractivity contribution < 1.29 is 9.84 Å². The van der Waals surface area contributed by atoms with Crippen molar-refractivity contribution >= 4 is 0 Å². The summed E-state index contributed by atoms with van der Waals surface area (Å²) in [6.45, 7) is 11.0. The molecule has 0 spiro atoms. The average Bonchev–Trinajstić information content (AvgIpc) is 2.16. The van der Waals surface area contributed by atoms with Gasteiger partial charge >= 0.3 is 0 Å². The molecule has 16 heavy (non-hydrogen) atoms. The first-order valence-electron chi connectivity index (χ1n) is 6.03. The highest BCUT2D eigenvalue weighted by molar-refractivity contribution is 4.91. The summed E-state index contributed by atoms with van der Waals surface area (Å²) in [7, 11) is 0. The number of aliphatic hydroxyl groups excluding tert-OH is 1. The topological polar surface area (TPSA) is 58.7 Å². The van der Waals surface area contributed by atoms with Crippen LogP contribution in [0.2, 0.25) is 0 Å². The van der Waals surface area contributed by atoms with E-state index in [0.29, 0.717) is 6.04 Å². The molecule has 1 aliphatic heterocycles. The molecular formula is C12H26N2O2. The van der Waals surface area contributed by atoms with Crippen molar-refractivity contribution in [3.63, 3.8) is 0 Å². The Labute approximate surface area is 98.8 Å². The van der Waals surface area contributed by atoms with E-state index in [1.807, 2.05) is 6.92 Å². The molecule has 4 nitrogen and oxygen atoms in total. The second-order valence-corrected chi connectivity index (χ2v) is 5.92. The predicted octanol–water partition coefficient (Wildman–Crippen LogP) is 0.586. The van der Waals surface area contributed by atoms with Gasteiger partial charge in [0.2, 0.25) is 0 Å². The first-order valence-corrected chi connectivity index (χ1v) is 6.03. The summed E-state index contributed by atoms with van der Waals surface area (Å²) in [6.07, 6.45) is 0.799. The van der Waals surface area contributed by atoms with E-state index in [0.717, 1.165) is 26.2 Å². The van der Waals surface area contributed by atoms with E-state index >= 15 is 0 Å². The Kier molecular flexibility index (Phi) is 4.35. The molecule has 0 amide bonds. The van der Waals surface area contributed by atoms with Gasteiger partial charge in [-0.05, 0) is 34.1 Å². The number of hydrogen-bond donors (Lipinski definition) is 2. The van der Waals surface area contributed by atoms with Crippen molar-refractivity contribution in [3.8, 4) is 0 Å². The number of morpholine rings is 1. The van der Waals surface area contributed by atoms with Gasteiger partial charge in [0.15, 0.2) is 0 Å². The van der Waals surface area contributed by atoms with E-state index in [4.69, 9.17) is 10.5 Å². The van der Waals surface area contributed by atoms with Crippen LogP contribution in [-0.4, -0.2) is 53.5 Å². The van der Waals surface area contributed by atoms with E-state index in [1.54, 1.807) is 0 Å². The van der Waals surface area contributed by atoms with Gasteiger partial charge in [-0.15, -0.1) is 0 Å². The van der Waals surface area contributed by atoms with Crippen molar-refractivity contribution in [1.82, 2.24) is 4.90 Å². The maximum Gasteiger partial charge on any atom is 0.0645 e. The fourth-order valence-electron chi connectivity index (χ4n) is 2.54. The minimum Gasteiger partial charge on any atom is -0.394 e. The average molecular weight is 230 g/mol. The molecule has 1 fully saturated rings. The van der Waals surface area contributed by atoms with Crippen LogP contribution < -0.4 is 5.73 Å². The fourth-order valence-corrected chi connectivity index (χ4v) is 2.54. The third kappa shape index (κ3) is 3.42. The number of nitrogens with two attached hydrogens (primary N) is 1. The van der Waals surface area contributed by atoms with Gasteiger partial charge in [-0.25, -0.2) is 0 Å². The van der Waals surface area contributed by atoms with Crippen LogP contribution in [0.1, 0.15) is 34.1 Å². The first kappa shape index (κ1) is 13.9. The third-order valence-electron chi connectivity index (χ3n) is 3.36. The van der Waals surface area contributed by atoms with Gasteiger partial charge in [-0.1, -0.05) is 0 Å². The third-order valence-corrected chi connectivity index (χ3v) is 3.36. The van der Waals surface area contributed by atoms with Crippen LogP contribution in [0.5, 0.6) is 0 Å². The molecule has 4 heteroatoms. The molecule has 0 aromatic rings. The molecule has 2 atom stereocenters. The van der Waals surface area contributed by atoms with E-state index < -0.39 is 5.54 Å². The lowest BCUT2D eigenvalue weighted by atomic mass is 9.91. The van der Waals surface area contributed by atoms with Crippen molar-refractivity contribution in [3.05, 3.63) is 0 Å². The summed E-state index contributed by atoms with van der Waals surface area (Å²) in [6, 6.07) is 0.362. The molecule has 1 rings (SSSR count). The molecular weight excluding hydrogens is 204 g/mol. The van der Waals surface area contributed by atoms with Crippen molar-refractivity contribution in [2.24, 2.45) is 5.73 Å². The number of ether oxygens (including phenoxy) is 1. The van der Waals surface area contributed by atoms with Crippen molar-refractivity contribution in [1.29, 1.82) is 0 Å². The van der Waals surface area contributed by atoms with E-state index in [-0.39, 0.29) is 12.1 Å². The van der Waals surface area contributed by atoms with E-state index in [1.165, 1.54) is 0 Å². The minimum absolute atomic E-state index is 0.0299. The highest BCUT2D eigenvalue weighted by atomic mass is 16.5. The Bertz CT molecular complexity index is 229. The molecule has 0 aromatic carbocycles. The van der Waals surface area contributed by atoms with Gasteiger partial charge in [-0.2, -0.15) is 0 Å². The first-order chi connectivity index (χ1) is 7.28. The lowest BCUT2D eigenvalue weighted by molar-refractivity contribution is -0.0738. The van der Waals surface area contributed by atoms with Gasteiger partial charge in [0.1, 0.15) is 0 Å². The second-order valence-electron chi connectivity index (χ2n) is 5.92. The van der Waals surface area contributed by atoms with Gasteiger partial charge < -0.3 is 15.6 Å². The summed E-state index contributed by atoms with van der Waals surface area (Å²) in [5.41, 5.74) is 5.57. The molecule has 2 unspecified atom stereocenters. The smallest absolute Gasteiger partial charge is 0.0645 e. The SMILES string of the molecule is CC(CC(C)(N)CO)N1CCOCC1(C)C. The number of hydrogen-bond acceptors (Lipinski definition) is 4. The summed E-state index contributed by atoms with van der Waals surface area (Å²) in [5.74, 6) is 0. The van der Waals surface area contributed by atoms with Crippen LogP contribution in [-0.2, 0) is 4.74 Å². The van der Waals surface area contributed by atoms with Crippen LogP contribution in [0.15, 0.2) is 0 Å². The largest absolute Gasteiger partial charge is 0.394 e. The van der Waals surface area contributed by atoms with Crippen LogP contribution in [0.4, 0.5) is 0 Å². The lowest BCUT2D eigenvalue weighted by Gasteiger charge is -2.47. The Morgan fingerprint density at radius 1 is 1.56 bits per heavy atom. The summed E-state index contributed by atoms with van der Waals surface area (Å²) < 4.78 is 5.50. The summed E-state index contributed by atoms with van der Waals surface area (Å²) >= 11 is 0. The lowest BCUT2D eigenvalue weighted by Crippen LogP contribution is -2.58. The van der Waals surface area contributed by atoms with E-state index in [2.05, 4.69) is 25.7 Å². The molecule has 1 saturated heterocycles. The van der Waals surface area contributed by atoms with Gasteiger partial charge in [0, 0.05) is 23.7 Å². The van der Waals surface area contributed by atoms with E-state index in [9.17, 15) is 5.11 Å². The summed E-state index contributed by atoms with van der Waals surface area (Å²) in [5, 5.41) is 9.20. The maximum atomic E-state index is 9.20. The molecule has 96 valence electrons. The van der Waals surface area contributed by atoms with Crippen LogP contribution in [0, 0.1) is 0 Å². The molecule has 0 saturated carbocycles. The quantitative estimate of drug-likeness (QED) is 0.742. The van der Waals surface area contributed by atoms with Gasteiger partial charge in [0.25, 0.3) is 0 Å². The Hall–Kier alpha value is -0.160. The van der Waals surface area contributed by atoms with Gasteiger partial charge in [0.05, 0.1) is 19.8 Å². The normalized spacial score (nSPS) is 27.4. The van der Waals surface area contributed by atoms with Gasteiger partial charge in [-0.3, -0.25) is 4.90 Å². The van der Waals surface area contributed by atoms with Crippen LogP contribution in [0.25, 0.3) is 0 Å². The predicted molar refractivity (Wildman–Crippen MR) is 65.4 cm³/mol. The molecule has 1 aliphatic rings. The monoisotopic (exact) mass is 230 g/mol. The standard InChI is InChI=1S/C12H26N2O2/c1-10(7-12(4,13)8-15)14-5-6-16-9-11(14,2)3/h10,15H,5-9,13H2,1-4H3. The zero-order valence-electron chi connectivity index (χ0n) is 11.0. The Morgan fingerprint density at radius 2 is 2.19 bits per heavy atom. The molecule has 1 heterocycles. The Morgan fingerprint density at radius 3 is 2.69 bits per heavy atom. The molecule has 0 radical (unpaired) electrons. The number of rotatable bonds is 4. The maximum absolute atomic E-state index is 9.20. The number of aliphatic hydroxyl groups is 1. The molecule has 0 bridgehead atoms. The fraction of sp³-hybridized carbons (Fsp3) is 1.00. The zero-order valence-corrected chi connectivity index (χ0v) is 11.0. The zero-order chi connectivity index (χ0) is 12.4. The van der Waals surface area contributed by atoms with Crippen molar-refractivity contribution in [2.45, 2.75) is 51.2 Å². The molecule has 3 N–H and O–H groups in total.